The summed E-state index contributed by atoms with van der Waals surface area (Å²) in [7, 11) is 0. The Kier molecular flexibility index (Phi) is 14.2. The quantitative estimate of drug-likeness (QED) is 0.141. The van der Waals surface area contributed by atoms with E-state index >= 15 is 0 Å². The summed E-state index contributed by atoms with van der Waals surface area (Å²) < 4.78 is 5.45. The highest BCUT2D eigenvalue weighted by Gasteiger charge is 2.47. The Morgan fingerprint density at radius 1 is 0.305 bits per heavy atom. The van der Waals surface area contributed by atoms with Crippen molar-refractivity contribution in [1.82, 2.24) is 9.13 Å². The third-order valence-corrected chi connectivity index (χ3v) is 22.1. The molecule has 0 bridgehead atoms. The molecule has 2 aromatic heterocycles. The van der Waals surface area contributed by atoms with Crippen LogP contribution in [0.4, 0.5) is 34.1 Å². The van der Waals surface area contributed by atoms with Crippen molar-refractivity contribution in [3.63, 3.8) is 0 Å². The second kappa shape index (κ2) is 22.7. The lowest BCUT2D eigenvalue weighted by atomic mass is 9.33. The van der Waals surface area contributed by atoms with Gasteiger partial charge in [0.1, 0.15) is 0 Å². The minimum atomic E-state index is -0.268. The molecular weight excluding hydrogens is 1150 g/mol. The van der Waals surface area contributed by atoms with Crippen molar-refractivity contribution in [3.8, 4) is 55.9 Å². The number of nitrogens with zero attached hydrogens (tertiary/aromatic N) is 4. The number of para-hydroxylation sites is 1. The van der Waals surface area contributed by atoms with Gasteiger partial charge >= 0.3 is 0 Å². The first kappa shape index (κ1) is 59.4. The molecule has 2 aliphatic heterocycles. The second-order valence-electron chi connectivity index (χ2n) is 31.2. The van der Waals surface area contributed by atoms with Crippen molar-refractivity contribution in [2.24, 2.45) is 0 Å². The summed E-state index contributed by atoms with van der Waals surface area (Å²) in [6, 6.07) is 85.5. The van der Waals surface area contributed by atoms with Crippen molar-refractivity contribution in [3.05, 3.63) is 269 Å². The van der Waals surface area contributed by atoms with Crippen molar-refractivity contribution in [2.45, 2.75) is 156 Å². The maximum absolute atomic E-state index is 2.80. The first-order chi connectivity index (χ1) is 46.1. The number of hydrogen-bond acceptors (Lipinski definition) is 2. The summed E-state index contributed by atoms with van der Waals surface area (Å²) in [5.41, 5.74) is 37.5. The maximum atomic E-state index is 2.80. The van der Waals surface area contributed by atoms with Crippen molar-refractivity contribution in [1.29, 1.82) is 0 Å². The molecule has 95 heavy (non-hydrogen) atoms. The summed E-state index contributed by atoms with van der Waals surface area (Å²) in [4.78, 5) is 5.59. The number of benzene rings is 10. The van der Waals surface area contributed by atoms with Gasteiger partial charge in [0.2, 0.25) is 0 Å². The Labute approximate surface area is 564 Å². The van der Waals surface area contributed by atoms with Crippen LogP contribution >= 0.6 is 0 Å². The van der Waals surface area contributed by atoms with Crippen LogP contribution in [0, 0.1) is 0 Å². The fraction of sp³-hybridized carbons (Fsp3) is 0.267. The van der Waals surface area contributed by atoms with Gasteiger partial charge in [0.15, 0.2) is 0 Å². The summed E-state index contributed by atoms with van der Waals surface area (Å²) in [6.45, 7) is 21.4. The average Bonchev–Trinajstić information content (AvgIpc) is 1.17. The van der Waals surface area contributed by atoms with Gasteiger partial charge in [-0.2, -0.15) is 0 Å². The molecule has 10 aromatic carbocycles. The van der Waals surface area contributed by atoms with E-state index in [-0.39, 0.29) is 23.0 Å². The molecule has 0 radical (unpaired) electrons. The van der Waals surface area contributed by atoms with Crippen LogP contribution in [0.1, 0.15) is 151 Å². The summed E-state index contributed by atoms with van der Waals surface area (Å²) in [6.07, 6.45) is 14.2. The molecule has 470 valence electrons. The predicted octanol–water partition coefficient (Wildman–Crippen LogP) is 21.7. The summed E-state index contributed by atoms with van der Waals surface area (Å²) >= 11 is 0. The van der Waals surface area contributed by atoms with Crippen LogP contribution in [0.5, 0.6) is 0 Å². The molecule has 17 rings (SSSR count). The molecule has 4 nitrogen and oxygen atoms in total. The van der Waals surface area contributed by atoms with E-state index in [4.69, 9.17) is 0 Å². The van der Waals surface area contributed by atoms with Gasteiger partial charge in [-0.15, -0.1) is 0 Å². The van der Waals surface area contributed by atoms with Gasteiger partial charge in [0.25, 0.3) is 6.71 Å². The highest BCUT2D eigenvalue weighted by Crippen LogP contribution is 2.56. The van der Waals surface area contributed by atoms with Crippen LogP contribution in [0.15, 0.2) is 218 Å². The molecule has 4 heterocycles. The molecule has 0 atom stereocenters. The lowest BCUT2D eigenvalue weighted by Crippen LogP contribution is -2.61. The van der Waals surface area contributed by atoms with Crippen LogP contribution in [-0.2, 0) is 54.8 Å². The monoisotopic (exact) mass is 1230 g/mol. The SMILES string of the molecule is CC(C)(C)c1cc(-c2ccccc2)c(N2c3cc(-n4c5c(c6c4CCCC6)CCCC5)ccc3B3c4ccc(-n5c6c(c7ccccc75)CCCC6)cc4N(c4c(-c5ccccc5)cc(C(C)(C)C)cc4-c4ccccc4)c4cc(C(C)(C)C)cc2c43)c(-c2ccccc2)c1. The zero-order chi connectivity index (χ0) is 64.6. The predicted molar refractivity (Wildman–Crippen MR) is 404 cm³/mol. The zero-order valence-corrected chi connectivity index (χ0v) is 57.1. The van der Waals surface area contributed by atoms with Gasteiger partial charge in [-0.05, 0) is 232 Å². The van der Waals surface area contributed by atoms with Crippen LogP contribution in [-0.4, -0.2) is 15.8 Å². The molecule has 12 aromatic rings. The minimum absolute atomic E-state index is 0.138. The van der Waals surface area contributed by atoms with Gasteiger partial charge in [0, 0.05) is 78.8 Å². The van der Waals surface area contributed by atoms with Crippen LogP contribution in [0.3, 0.4) is 0 Å². The Hall–Kier alpha value is -9.32. The number of aryl methyl sites for hydroxylation is 1. The first-order valence-electron chi connectivity index (χ1n) is 35.6. The van der Waals surface area contributed by atoms with E-state index < -0.39 is 0 Å². The van der Waals surface area contributed by atoms with E-state index in [1.165, 1.54) is 197 Å². The molecule has 0 saturated carbocycles. The number of rotatable bonds is 8. The maximum Gasteiger partial charge on any atom is 0.252 e. The van der Waals surface area contributed by atoms with Gasteiger partial charge in [0.05, 0.1) is 16.9 Å². The first-order valence-corrected chi connectivity index (χ1v) is 35.6. The molecule has 3 aliphatic carbocycles. The Balaban J connectivity index is 1.06. The van der Waals surface area contributed by atoms with Crippen LogP contribution in [0.25, 0.3) is 66.8 Å². The van der Waals surface area contributed by atoms with Gasteiger partial charge < -0.3 is 18.9 Å². The number of fused-ring (bicyclic) bond motifs is 10. The Bertz CT molecular complexity index is 4850. The number of hydrogen-bond donors (Lipinski definition) is 0. The van der Waals surface area contributed by atoms with Gasteiger partial charge in [-0.3, -0.25) is 0 Å². The largest absolute Gasteiger partial charge is 0.317 e. The lowest BCUT2D eigenvalue weighted by Gasteiger charge is -2.47. The highest BCUT2D eigenvalue weighted by atomic mass is 15.2. The van der Waals surface area contributed by atoms with E-state index in [0.717, 1.165) is 25.7 Å². The fourth-order valence-corrected chi connectivity index (χ4v) is 17.3. The smallest absolute Gasteiger partial charge is 0.252 e. The molecular formula is C90H87BN4. The fourth-order valence-electron chi connectivity index (χ4n) is 17.3. The van der Waals surface area contributed by atoms with Crippen molar-refractivity contribution < 1.29 is 0 Å². The average molecular weight is 1240 g/mol. The van der Waals surface area contributed by atoms with Crippen molar-refractivity contribution >= 4 is 68.1 Å². The molecule has 5 aliphatic rings. The second-order valence-corrected chi connectivity index (χ2v) is 31.2. The summed E-state index contributed by atoms with van der Waals surface area (Å²) in [5.74, 6) is 0. The Morgan fingerprint density at radius 2 is 0.642 bits per heavy atom. The van der Waals surface area contributed by atoms with Crippen LogP contribution in [0.2, 0.25) is 0 Å². The third-order valence-electron chi connectivity index (χ3n) is 22.1. The number of aromatic nitrogens is 2. The van der Waals surface area contributed by atoms with Crippen LogP contribution < -0.4 is 26.2 Å². The molecule has 0 fully saturated rings. The number of anilines is 6. The lowest BCUT2D eigenvalue weighted by molar-refractivity contribution is 0.590. The molecule has 0 unspecified atom stereocenters. The molecule has 0 spiro atoms. The highest BCUT2D eigenvalue weighted by molar-refractivity contribution is 7.00. The normalized spacial score (nSPS) is 15.1. The molecule has 5 heteroatoms. The van der Waals surface area contributed by atoms with E-state index in [0.29, 0.717) is 0 Å². The zero-order valence-electron chi connectivity index (χ0n) is 57.1. The van der Waals surface area contributed by atoms with E-state index in [1.54, 1.807) is 22.5 Å². The summed E-state index contributed by atoms with van der Waals surface area (Å²) in [5, 5.41) is 1.39. The van der Waals surface area contributed by atoms with E-state index in [2.05, 4.69) is 300 Å². The van der Waals surface area contributed by atoms with E-state index in [9.17, 15) is 0 Å². The van der Waals surface area contributed by atoms with Crippen molar-refractivity contribution in [2.75, 3.05) is 9.80 Å². The van der Waals surface area contributed by atoms with Gasteiger partial charge in [-0.1, -0.05) is 214 Å². The van der Waals surface area contributed by atoms with E-state index in [1.807, 2.05) is 0 Å². The third kappa shape index (κ3) is 9.83. The van der Waals surface area contributed by atoms with Gasteiger partial charge in [-0.25, -0.2) is 0 Å². The molecule has 0 N–H and O–H groups in total. The standard InChI is InChI=1S/C90H87BN4/c1-88(2,3)62-50-71(58-30-14-10-15-31-58)86(72(51-62)59-32-16-11-17-33-59)94-81-56-65(92-77-42-26-22-38-67(77)68-39-23-27-43-78(68)92)46-48-75(81)91-76-49-47-66(93-79-44-28-24-40-69(79)70-41-25-29-45-80(70)93)57-82(76)95(84-55-64(90(7,8)9)54-83(94)85(84)91)87-73(60-34-18-12-19-35-60)52-63(89(4,5)6)53-74(87)61-36-20-13-21-37-61/h10-22,26,30-38,42,46-57H,23-25,27-29,39-41,43-45H2,1-9H3. The molecule has 0 saturated heterocycles. The molecule has 0 amide bonds. The minimum Gasteiger partial charge on any atom is -0.317 e. The Morgan fingerprint density at radius 3 is 1.04 bits per heavy atom. The topological polar surface area (TPSA) is 16.3 Å².